The van der Waals surface area contributed by atoms with E-state index in [4.69, 9.17) is 0 Å². The van der Waals surface area contributed by atoms with Crippen LogP contribution in [0.25, 0.3) is 0 Å². The van der Waals surface area contributed by atoms with Crippen molar-refractivity contribution in [3.05, 3.63) is 0 Å². The molecule has 1 amide bonds. The summed E-state index contributed by atoms with van der Waals surface area (Å²) in [6.45, 7) is 7.82. The van der Waals surface area contributed by atoms with E-state index in [1.165, 1.54) is 0 Å². The van der Waals surface area contributed by atoms with E-state index < -0.39 is 0 Å². The highest BCUT2D eigenvalue weighted by atomic mass is 16.2. The van der Waals surface area contributed by atoms with E-state index in [1.807, 2.05) is 27.7 Å². The standard InChI is InChI=1S/C11H21NO2/c1-5-9(6-2)11(14)12-7-10(13)8(3)4/h8-9H,5-7H2,1-4H3,(H,12,14). The Morgan fingerprint density at radius 1 is 1.14 bits per heavy atom. The van der Waals surface area contributed by atoms with Crippen molar-refractivity contribution in [2.45, 2.75) is 40.5 Å². The molecule has 0 saturated carbocycles. The molecule has 3 heteroatoms. The van der Waals surface area contributed by atoms with Crippen molar-refractivity contribution in [3.8, 4) is 0 Å². The summed E-state index contributed by atoms with van der Waals surface area (Å²) in [5.41, 5.74) is 0. The molecule has 0 aliphatic rings. The molecule has 14 heavy (non-hydrogen) atoms. The van der Waals surface area contributed by atoms with Gasteiger partial charge in [-0.15, -0.1) is 0 Å². The number of carbonyl (C=O) groups is 2. The van der Waals surface area contributed by atoms with Crippen molar-refractivity contribution in [1.82, 2.24) is 5.32 Å². The molecule has 0 atom stereocenters. The molecule has 3 nitrogen and oxygen atoms in total. The van der Waals surface area contributed by atoms with Crippen LogP contribution in [0.3, 0.4) is 0 Å². The van der Waals surface area contributed by atoms with Gasteiger partial charge in [0.1, 0.15) is 0 Å². The van der Waals surface area contributed by atoms with Crippen molar-refractivity contribution in [1.29, 1.82) is 0 Å². The Balaban J connectivity index is 3.89. The Kier molecular flexibility index (Phi) is 6.17. The predicted molar refractivity (Wildman–Crippen MR) is 56.9 cm³/mol. The maximum Gasteiger partial charge on any atom is 0.223 e. The Morgan fingerprint density at radius 2 is 1.64 bits per heavy atom. The molecular formula is C11H21NO2. The zero-order valence-electron chi connectivity index (χ0n) is 9.59. The topological polar surface area (TPSA) is 46.2 Å². The highest BCUT2D eigenvalue weighted by molar-refractivity contribution is 5.87. The first-order chi connectivity index (χ1) is 6.52. The number of hydrogen-bond acceptors (Lipinski definition) is 2. The van der Waals surface area contributed by atoms with Crippen LogP contribution in [0.4, 0.5) is 0 Å². The van der Waals surface area contributed by atoms with E-state index in [-0.39, 0.29) is 30.1 Å². The summed E-state index contributed by atoms with van der Waals surface area (Å²) in [6, 6.07) is 0. The lowest BCUT2D eigenvalue weighted by molar-refractivity contribution is -0.128. The molecule has 0 bridgehead atoms. The van der Waals surface area contributed by atoms with Gasteiger partial charge in [0.05, 0.1) is 6.54 Å². The van der Waals surface area contributed by atoms with E-state index in [9.17, 15) is 9.59 Å². The average Bonchev–Trinajstić information content (AvgIpc) is 2.15. The zero-order chi connectivity index (χ0) is 11.1. The van der Waals surface area contributed by atoms with Crippen molar-refractivity contribution in [2.24, 2.45) is 11.8 Å². The van der Waals surface area contributed by atoms with Crippen LogP contribution in [0.15, 0.2) is 0 Å². The summed E-state index contributed by atoms with van der Waals surface area (Å²) in [5, 5.41) is 2.68. The molecule has 0 aromatic heterocycles. The van der Waals surface area contributed by atoms with E-state index >= 15 is 0 Å². The second-order valence-corrected chi connectivity index (χ2v) is 3.85. The Labute approximate surface area is 86.3 Å². The smallest absolute Gasteiger partial charge is 0.223 e. The zero-order valence-corrected chi connectivity index (χ0v) is 9.59. The number of Topliss-reactive ketones (excluding diaryl/α,β-unsaturated/α-hetero) is 1. The van der Waals surface area contributed by atoms with Gasteiger partial charge in [0.2, 0.25) is 5.91 Å². The molecule has 0 saturated heterocycles. The summed E-state index contributed by atoms with van der Waals surface area (Å²) in [7, 11) is 0. The van der Waals surface area contributed by atoms with Crippen LogP contribution in [-0.2, 0) is 9.59 Å². The second-order valence-electron chi connectivity index (χ2n) is 3.85. The summed E-state index contributed by atoms with van der Waals surface area (Å²) in [5.74, 6) is 0.139. The molecule has 0 spiro atoms. The summed E-state index contributed by atoms with van der Waals surface area (Å²) in [4.78, 5) is 22.7. The van der Waals surface area contributed by atoms with Crippen LogP contribution in [0.1, 0.15) is 40.5 Å². The lowest BCUT2D eigenvalue weighted by Gasteiger charge is -2.12. The van der Waals surface area contributed by atoms with Crippen LogP contribution in [0.5, 0.6) is 0 Å². The van der Waals surface area contributed by atoms with Gasteiger partial charge >= 0.3 is 0 Å². The Hall–Kier alpha value is -0.860. The van der Waals surface area contributed by atoms with E-state index in [1.54, 1.807) is 0 Å². The molecule has 0 aromatic carbocycles. The molecular weight excluding hydrogens is 178 g/mol. The van der Waals surface area contributed by atoms with Crippen molar-refractivity contribution in [2.75, 3.05) is 6.54 Å². The largest absolute Gasteiger partial charge is 0.349 e. The van der Waals surface area contributed by atoms with Gasteiger partial charge in [-0.05, 0) is 12.8 Å². The molecule has 0 aliphatic carbocycles. The first-order valence-corrected chi connectivity index (χ1v) is 5.33. The Morgan fingerprint density at radius 3 is 2.00 bits per heavy atom. The predicted octanol–water partition coefficient (Wildman–Crippen LogP) is 1.76. The third kappa shape index (κ3) is 4.40. The minimum atomic E-state index is -0.00277. The maximum atomic E-state index is 11.5. The van der Waals surface area contributed by atoms with E-state index in [0.29, 0.717) is 0 Å². The minimum Gasteiger partial charge on any atom is -0.349 e. The quantitative estimate of drug-likeness (QED) is 0.708. The van der Waals surface area contributed by atoms with Crippen LogP contribution in [0, 0.1) is 11.8 Å². The highest BCUT2D eigenvalue weighted by Crippen LogP contribution is 2.06. The minimum absolute atomic E-state index is 0.00277. The number of ketones is 1. The molecule has 0 rings (SSSR count). The monoisotopic (exact) mass is 199 g/mol. The van der Waals surface area contributed by atoms with Gasteiger partial charge in [-0.25, -0.2) is 0 Å². The molecule has 1 N–H and O–H groups in total. The first-order valence-electron chi connectivity index (χ1n) is 5.33. The van der Waals surface area contributed by atoms with Gasteiger partial charge < -0.3 is 5.32 Å². The fraction of sp³-hybridized carbons (Fsp3) is 0.818. The van der Waals surface area contributed by atoms with Crippen LogP contribution >= 0.6 is 0 Å². The summed E-state index contributed by atoms with van der Waals surface area (Å²) in [6.07, 6.45) is 1.66. The number of amides is 1. The highest BCUT2D eigenvalue weighted by Gasteiger charge is 2.15. The molecule has 0 aliphatic heterocycles. The Bertz CT molecular complexity index is 195. The molecule has 0 aromatic rings. The third-order valence-electron chi connectivity index (χ3n) is 2.44. The molecule has 0 fully saturated rings. The van der Waals surface area contributed by atoms with E-state index in [2.05, 4.69) is 5.32 Å². The van der Waals surface area contributed by atoms with Gasteiger partial charge in [0, 0.05) is 11.8 Å². The van der Waals surface area contributed by atoms with Gasteiger partial charge in [-0.2, -0.15) is 0 Å². The molecule has 0 radical (unpaired) electrons. The van der Waals surface area contributed by atoms with Gasteiger partial charge in [-0.1, -0.05) is 27.7 Å². The number of nitrogens with one attached hydrogen (secondary N) is 1. The second kappa shape index (κ2) is 6.57. The number of hydrogen-bond donors (Lipinski definition) is 1. The first kappa shape index (κ1) is 13.1. The normalized spacial score (nSPS) is 10.7. The SMILES string of the molecule is CCC(CC)C(=O)NCC(=O)C(C)C. The van der Waals surface area contributed by atoms with Gasteiger partial charge in [0.15, 0.2) is 5.78 Å². The molecule has 0 heterocycles. The summed E-state index contributed by atoms with van der Waals surface area (Å²) >= 11 is 0. The fourth-order valence-corrected chi connectivity index (χ4v) is 1.18. The molecule has 0 unspecified atom stereocenters. The molecule has 82 valence electrons. The van der Waals surface area contributed by atoms with Crippen molar-refractivity contribution >= 4 is 11.7 Å². The van der Waals surface area contributed by atoms with Crippen LogP contribution in [0.2, 0.25) is 0 Å². The fourth-order valence-electron chi connectivity index (χ4n) is 1.18. The van der Waals surface area contributed by atoms with Crippen molar-refractivity contribution in [3.63, 3.8) is 0 Å². The third-order valence-corrected chi connectivity index (χ3v) is 2.44. The lowest BCUT2D eigenvalue weighted by Crippen LogP contribution is -2.35. The van der Waals surface area contributed by atoms with Crippen LogP contribution < -0.4 is 5.32 Å². The maximum absolute atomic E-state index is 11.5. The number of rotatable bonds is 6. The van der Waals surface area contributed by atoms with Gasteiger partial charge in [-0.3, -0.25) is 9.59 Å². The van der Waals surface area contributed by atoms with Crippen molar-refractivity contribution < 1.29 is 9.59 Å². The van der Waals surface area contributed by atoms with E-state index in [0.717, 1.165) is 12.8 Å². The van der Waals surface area contributed by atoms with Gasteiger partial charge in [0.25, 0.3) is 0 Å². The number of carbonyl (C=O) groups excluding carboxylic acids is 2. The average molecular weight is 199 g/mol. The lowest BCUT2D eigenvalue weighted by atomic mass is 10.0. The summed E-state index contributed by atoms with van der Waals surface area (Å²) < 4.78 is 0. The van der Waals surface area contributed by atoms with Crippen LogP contribution in [-0.4, -0.2) is 18.2 Å².